The Kier molecular flexibility index (Phi) is 4.11. The summed E-state index contributed by atoms with van der Waals surface area (Å²) in [5.74, 6) is -2.01. The molecular weight excluding hydrogens is 330 g/mol. The lowest BCUT2D eigenvalue weighted by molar-refractivity contribution is 0.102. The number of amides is 1. The van der Waals surface area contributed by atoms with E-state index in [2.05, 4.69) is 21.2 Å². The van der Waals surface area contributed by atoms with Gasteiger partial charge in [-0.2, -0.15) is 5.26 Å². The number of rotatable bonds is 2. The number of nitriles is 1. The van der Waals surface area contributed by atoms with Gasteiger partial charge in [0.1, 0.15) is 17.7 Å². The minimum atomic E-state index is -0.724. The predicted molar refractivity (Wildman–Crippen MR) is 73.2 cm³/mol. The smallest absolute Gasteiger partial charge is 0.259 e. The van der Waals surface area contributed by atoms with Crippen LogP contribution in [0.25, 0.3) is 0 Å². The van der Waals surface area contributed by atoms with E-state index in [1.165, 1.54) is 18.2 Å². The quantitative estimate of drug-likeness (QED) is 0.905. The van der Waals surface area contributed by atoms with E-state index in [9.17, 15) is 13.6 Å². The van der Waals surface area contributed by atoms with Gasteiger partial charge >= 0.3 is 0 Å². The summed E-state index contributed by atoms with van der Waals surface area (Å²) in [5, 5.41) is 11.3. The van der Waals surface area contributed by atoms with Crippen LogP contribution >= 0.6 is 15.9 Å². The lowest BCUT2D eigenvalue weighted by Gasteiger charge is -2.09. The number of hydrogen-bond donors (Lipinski definition) is 1. The van der Waals surface area contributed by atoms with Crippen LogP contribution in [-0.4, -0.2) is 5.91 Å². The van der Waals surface area contributed by atoms with Crippen molar-refractivity contribution in [2.45, 2.75) is 0 Å². The third-order valence-corrected chi connectivity index (χ3v) is 3.20. The largest absolute Gasteiger partial charge is 0.321 e. The van der Waals surface area contributed by atoms with E-state index >= 15 is 0 Å². The standard InChI is InChI=1S/C14H7BrF2N2O/c15-10-2-1-3-11(17)13(10)14(20)19-12-5-4-9(16)6-8(12)7-18/h1-6H,(H,19,20). The molecule has 3 nitrogen and oxygen atoms in total. The number of nitrogens with one attached hydrogen (secondary N) is 1. The summed E-state index contributed by atoms with van der Waals surface area (Å²) in [6, 6.07) is 9.23. The second kappa shape index (κ2) is 5.80. The summed E-state index contributed by atoms with van der Waals surface area (Å²) in [5.41, 5.74) is -0.0967. The number of nitrogens with zero attached hydrogens (tertiary/aromatic N) is 1. The van der Waals surface area contributed by atoms with Crippen LogP contribution in [0.3, 0.4) is 0 Å². The van der Waals surface area contributed by atoms with Crippen molar-refractivity contribution in [2.75, 3.05) is 5.32 Å². The Morgan fingerprint density at radius 1 is 1.25 bits per heavy atom. The van der Waals surface area contributed by atoms with Crippen molar-refractivity contribution in [3.05, 3.63) is 63.6 Å². The van der Waals surface area contributed by atoms with Gasteiger partial charge in [-0.25, -0.2) is 8.78 Å². The zero-order chi connectivity index (χ0) is 14.7. The van der Waals surface area contributed by atoms with Crippen molar-refractivity contribution < 1.29 is 13.6 Å². The van der Waals surface area contributed by atoms with E-state index in [0.29, 0.717) is 0 Å². The first-order chi connectivity index (χ1) is 9.52. The van der Waals surface area contributed by atoms with Gasteiger partial charge in [-0.15, -0.1) is 0 Å². The summed E-state index contributed by atoms with van der Waals surface area (Å²) >= 11 is 3.08. The molecule has 0 aliphatic rings. The Morgan fingerprint density at radius 2 is 2.00 bits per heavy atom. The van der Waals surface area contributed by atoms with Gasteiger partial charge in [-0.1, -0.05) is 6.07 Å². The first-order valence-electron chi connectivity index (χ1n) is 5.48. The van der Waals surface area contributed by atoms with E-state index in [1.807, 2.05) is 0 Å². The molecule has 0 unspecified atom stereocenters. The van der Waals surface area contributed by atoms with Crippen LogP contribution in [0.1, 0.15) is 15.9 Å². The fourth-order valence-electron chi connectivity index (χ4n) is 1.62. The van der Waals surface area contributed by atoms with Gasteiger partial charge in [0.05, 0.1) is 16.8 Å². The highest BCUT2D eigenvalue weighted by molar-refractivity contribution is 9.10. The highest BCUT2D eigenvalue weighted by atomic mass is 79.9. The van der Waals surface area contributed by atoms with Gasteiger partial charge < -0.3 is 5.32 Å². The van der Waals surface area contributed by atoms with Crippen molar-refractivity contribution in [3.8, 4) is 6.07 Å². The average Bonchev–Trinajstić information content (AvgIpc) is 2.40. The Balaban J connectivity index is 2.36. The lowest BCUT2D eigenvalue weighted by atomic mass is 10.1. The topological polar surface area (TPSA) is 52.9 Å². The molecule has 2 aromatic carbocycles. The number of halogens is 3. The molecule has 0 aliphatic carbocycles. The maximum Gasteiger partial charge on any atom is 0.259 e. The average molecular weight is 337 g/mol. The number of carbonyl (C=O) groups is 1. The molecule has 6 heteroatoms. The SMILES string of the molecule is N#Cc1cc(F)ccc1NC(=O)c1c(F)cccc1Br. The normalized spacial score (nSPS) is 9.90. The Hall–Kier alpha value is -2.26. The highest BCUT2D eigenvalue weighted by Gasteiger charge is 2.16. The second-order valence-electron chi connectivity index (χ2n) is 3.85. The molecule has 20 heavy (non-hydrogen) atoms. The third kappa shape index (κ3) is 2.83. The first-order valence-corrected chi connectivity index (χ1v) is 6.27. The fraction of sp³-hybridized carbons (Fsp3) is 0. The molecule has 1 N–H and O–H groups in total. The van der Waals surface area contributed by atoms with Crippen molar-refractivity contribution in [3.63, 3.8) is 0 Å². The molecule has 0 fully saturated rings. The fourth-order valence-corrected chi connectivity index (χ4v) is 2.14. The number of carbonyl (C=O) groups excluding carboxylic acids is 1. The predicted octanol–water partition coefficient (Wildman–Crippen LogP) is 3.85. The third-order valence-electron chi connectivity index (χ3n) is 2.54. The maximum absolute atomic E-state index is 13.6. The summed E-state index contributed by atoms with van der Waals surface area (Å²) in [6.07, 6.45) is 0. The van der Waals surface area contributed by atoms with Crippen LogP contribution in [0.5, 0.6) is 0 Å². The molecule has 0 spiro atoms. The first kappa shape index (κ1) is 14.2. The Labute approximate surface area is 122 Å². The molecule has 0 bridgehead atoms. The molecule has 2 aromatic rings. The minimum Gasteiger partial charge on any atom is -0.321 e. The van der Waals surface area contributed by atoms with Crippen LogP contribution < -0.4 is 5.32 Å². The van der Waals surface area contributed by atoms with Gasteiger partial charge in [0.25, 0.3) is 5.91 Å². The zero-order valence-corrected chi connectivity index (χ0v) is 11.5. The minimum absolute atomic E-state index is 0.0363. The van der Waals surface area contributed by atoms with Crippen molar-refractivity contribution in [2.24, 2.45) is 0 Å². The molecule has 2 rings (SSSR count). The van der Waals surface area contributed by atoms with Gasteiger partial charge in [0, 0.05) is 4.47 Å². The molecule has 1 amide bonds. The molecule has 0 saturated carbocycles. The highest BCUT2D eigenvalue weighted by Crippen LogP contribution is 2.22. The number of anilines is 1. The maximum atomic E-state index is 13.6. The van der Waals surface area contributed by atoms with Crippen LogP contribution in [0.4, 0.5) is 14.5 Å². The van der Waals surface area contributed by atoms with Crippen molar-refractivity contribution >= 4 is 27.5 Å². The number of hydrogen-bond acceptors (Lipinski definition) is 2. The van der Waals surface area contributed by atoms with E-state index in [1.54, 1.807) is 6.07 Å². The molecular formula is C14H7BrF2N2O. The van der Waals surface area contributed by atoms with Crippen LogP contribution in [0.2, 0.25) is 0 Å². The Bertz CT molecular complexity index is 705. The summed E-state index contributed by atoms with van der Waals surface area (Å²) < 4.78 is 26.9. The van der Waals surface area contributed by atoms with E-state index in [4.69, 9.17) is 5.26 Å². The van der Waals surface area contributed by atoms with E-state index < -0.39 is 17.5 Å². The van der Waals surface area contributed by atoms with E-state index in [-0.39, 0.29) is 21.3 Å². The van der Waals surface area contributed by atoms with Gasteiger partial charge in [0.2, 0.25) is 0 Å². The van der Waals surface area contributed by atoms with Crippen molar-refractivity contribution in [1.82, 2.24) is 0 Å². The Morgan fingerprint density at radius 3 is 2.65 bits per heavy atom. The molecule has 0 heterocycles. The molecule has 0 radical (unpaired) electrons. The van der Waals surface area contributed by atoms with Crippen LogP contribution in [-0.2, 0) is 0 Å². The van der Waals surface area contributed by atoms with Gasteiger partial charge in [-0.05, 0) is 46.3 Å². The molecule has 0 aromatic heterocycles. The molecule has 0 atom stereocenters. The summed E-state index contributed by atoms with van der Waals surface area (Å²) in [4.78, 5) is 12.0. The second-order valence-corrected chi connectivity index (χ2v) is 4.71. The van der Waals surface area contributed by atoms with Gasteiger partial charge in [-0.3, -0.25) is 4.79 Å². The monoisotopic (exact) mass is 336 g/mol. The summed E-state index contributed by atoms with van der Waals surface area (Å²) in [7, 11) is 0. The van der Waals surface area contributed by atoms with Crippen LogP contribution in [0, 0.1) is 23.0 Å². The van der Waals surface area contributed by atoms with Crippen molar-refractivity contribution in [1.29, 1.82) is 5.26 Å². The molecule has 0 aliphatic heterocycles. The lowest BCUT2D eigenvalue weighted by Crippen LogP contribution is -2.15. The zero-order valence-electron chi connectivity index (χ0n) is 9.95. The molecule has 100 valence electrons. The van der Waals surface area contributed by atoms with Crippen LogP contribution in [0.15, 0.2) is 40.9 Å². The molecule has 0 saturated heterocycles. The summed E-state index contributed by atoms with van der Waals surface area (Å²) in [6.45, 7) is 0. The number of benzene rings is 2. The van der Waals surface area contributed by atoms with E-state index in [0.717, 1.165) is 18.2 Å². The van der Waals surface area contributed by atoms with Gasteiger partial charge in [0.15, 0.2) is 0 Å².